The number of aryl methyl sites for hydroxylation is 1. The Morgan fingerprint density at radius 1 is 0.957 bits per heavy atom. The number of carbonyl (C=O) groups is 1. The van der Waals surface area contributed by atoms with E-state index in [1.165, 1.54) is 12.4 Å². The standard InChI is InChI=1S/C19H16N2O2/c1-14-3-2-4-18(13-14)20-19(22)17-7-5-15(6-8-17)16-9-11-21(23)12-10-16/h2-13H,1H3,(H,20,22). The van der Waals surface area contributed by atoms with E-state index in [1.54, 1.807) is 24.3 Å². The first-order valence-electron chi connectivity index (χ1n) is 7.29. The lowest BCUT2D eigenvalue weighted by Gasteiger charge is -2.07. The first-order valence-corrected chi connectivity index (χ1v) is 7.29. The van der Waals surface area contributed by atoms with Gasteiger partial charge in [-0.05, 0) is 47.9 Å². The molecule has 114 valence electrons. The molecule has 0 bridgehead atoms. The zero-order chi connectivity index (χ0) is 16.2. The number of aromatic nitrogens is 1. The predicted octanol–water partition coefficient (Wildman–Crippen LogP) is 3.55. The first-order chi connectivity index (χ1) is 11.1. The average Bonchev–Trinajstić information content (AvgIpc) is 2.56. The fourth-order valence-electron chi connectivity index (χ4n) is 2.35. The zero-order valence-corrected chi connectivity index (χ0v) is 12.7. The summed E-state index contributed by atoms with van der Waals surface area (Å²) in [5.74, 6) is -0.146. The van der Waals surface area contributed by atoms with Crippen molar-refractivity contribution in [3.05, 3.63) is 89.4 Å². The van der Waals surface area contributed by atoms with Crippen LogP contribution in [0.1, 0.15) is 15.9 Å². The second-order valence-corrected chi connectivity index (χ2v) is 5.35. The largest absolute Gasteiger partial charge is 0.619 e. The number of benzene rings is 2. The van der Waals surface area contributed by atoms with Gasteiger partial charge in [0.05, 0.1) is 0 Å². The molecule has 0 aliphatic heterocycles. The third kappa shape index (κ3) is 3.55. The van der Waals surface area contributed by atoms with E-state index in [0.717, 1.165) is 27.1 Å². The van der Waals surface area contributed by atoms with Crippen LogP contribution in [0.5, 0.6) is 0 Å². The molecule has 0 unspecified atom stereocenters. The van der Waals surface area contributed by atoms with E-state index in [0.29, 0.717) is 5.56 Å². The monoisotopic (exact) mass is 304 g/mol. The molecule has 1 heterocycles. The Morgan fingerprint density at radius 3 is 2.26 bits per heavy atom. The van der Waals surface area contributed by atoms with Gasteiger partial charge in [0.15, 0.2) is 12.4 Å². The summed E-state index contributed by atoms with van der Waals surface area (Å²) < 4.78 is 0.743. The Morgan fingerprint density at radius 2 is 1.61 bits per heavy atom. The molecule has 4 nitrogen and oxygen atoms in total. The normalized spacial score (nSPS) is 10.3. The minimum Gasteiger partial charge on any atom is -0.619 e. The van der Waals surface area contributed by atoms with Gasteiger partial charge in [-0.25, -0.2) is 0 Å². The third-order valence-electron chi connectivity index (χ3n) is 3.56. The Hall–Kier alpha value is -3.14. The molecule has 0 saturated carbocycles. The highest BCUT2D eigenvalue weighted by Gasteiger charge is 2.07. The number of nitrogens with one attached hydrogen (secondary N) is 1. The third-order valence-corrected chi connectivity index (χ3v) is 3.56. The van der Waals surface area contributed by atoms with Crippen molar-refractivity contribution >= 4 is 11.6 Å². The van der Waals surface area contributed by atoms with Gasteiger partial charge >= 0.3 is 0 Å². The van der Waals surface area contributed by atoms with Crippen LogP contribution in [0.3, 0.4) is 0 Å². The highest BCUT2D eigenvalue weighted by atomic mass is 16.5. The topological polar surface area (TPSA) is 56.0 Å². The van der Waals surface area contributed by atoms with Crippen LogP contribution in [-0.2, 0) is 0 Å². The molecule has 2 aromatic carbocycles. The number of amides is 1. The molecule has 1 amide bonds. The van der Waals surface area contributed by atoms with Crippen molar-refractivity contribution in [3.8, 4) is 11.1 Å². The van der Waals surface area contributed by atoms with Gasteiger partial charge in [0.25, 0.3) is 5.91 Å². The Kier molecular flexibility index (Phi) is 4.06. The maximum atomic E-state index is 12.3. The summed E-state index contributed by atoms with van der Waals surface area (Å²) >= 11 is 0. The highest BCUT2D eigenvalue weighted by molar-refractivity contribution is 6.04. The number of hydrogen-bond donors (Lipinski definition) is 1. The Labute approximate surface area is 134 Å². The molecule has 0 fully saturated rings. The minimum atomic E-state index is -0.146. The van der Waals surface area contributed by atoms with E-state index in [9.17, 15) is 10.0 Å². The van der Waals surface area contributed by atoms with Gasteiger partial charge in [0, 0.05) is 23.4 Å². The lowest BCUT2D eigenvalue weighted by molar-refractivity contribution is -0.605. The Bertz CT molecular complexity index is 825. The highest BCUT2D eigenvalue weighted by Crippen LogP contribution is 2.19. The van der Waals surface area contributed by atoms with Crippen LogP contribution in [0.4, 0.5) is 5.69 Å². The maximum Gasteiger partial charge on any atom is 0.255 e. The molecule has 0 aliphatic carbocycles. The van der Waals surface area contributed by atoms with E-state index in [1.807, 2.05) is 43.3 Å². The summed E-state index contributed by atoms with van der Waals surface area (Å²) in [5, 5.41) is 13.9. The molecule has 3 rings (SSSR count). The second-order valence-electron chi connectivity index (χ2n) is 5.35. The average molecular weight is 304 g/mol. The molecule has 0 aliphatic rings. The van der Waals surface area contributed by atoms with Gasteiger partial charge in [-0.1, -0.05) is 24.3 Å². The summed E-state index contributed by atoms with van der Waals surface area (Å²) in [4.78, 5) is 12.3. The van der Waals surface area contributed by atoms with E-state index >= 15 is 0 Å². The molecule has 0 radical (unpaired) electrons. The number of anilines is 1. The van der Waals surface area contributed by atoms with Crippen LogP contribution in [0.25, 0.3) is 11.1 Å². The van der Waals surface area contributed by atoms with Crippen molar-refractivity contribution < 1.29 is 9.52 Å². The smallest absolute Gasteiger partial charge is 0.255 e. The predicted molar refractivity (Wildman–Crippen MR) is 90.0 cm³/mol. The molecule has 1 aromatic heterocycles. The quantitative estimate of drug-likeness (QED) is 0.594. The summed E-state index contributed by atoms with van der Waals surface area (Å²) in [5.41, 5.74) is 4.35. The van der Waals surface area contributed by atoms with Crippen LogP contribution in [0.2, 0.25) is 0 Å². The molecule has 0 spiro atoms. The molecular weight excluding hydrogens is 288 g/mol. The molecule has 3 aromatic rings. The fourth-order valence-corrected chi connectivity index (χ4v) is 2.35. The number of pyridine rings is 1. The van der Waals surface area contributed by atoms with Crippen molar-refractivity contribution in [1.82, 2.24) is 0 Å². The van der Waals surface area contributed by atoms with E-state index < -0.39 is 0 Å². The van der Waals surface area contributed by atoms with Crippen LogP contribution < -0.4 is 10.0 Å². The van der Waals surface area contributed by atoms with Crippen molar-refractivity contribution in [2.45, 2.75) is 6.92 Å². The zero-order valence-electron chi connectivity index (χ0n) is 12.7. The number of nitrogens with zero attached hydrogens (tertiary/aromatic N) is 1. The molecule has 4 heteroatoms. The number of hydrogen-bond acceptors (Lipinski definition) is 2. The molecule has 23 heavy (non-hydrogen) atoms. The second kappa shape index (κ2) is 6.32. The maximum absolute atomic E-state index is 12.3. The number of carbonyl (C=O) groups excluding carboxylic acids is 1. The number of rotatable bonds is 3. The van der Waals surface area contributed by atoms with Gasteiger partial charge in [0.1, 0.15) is 0 Å². The first kappa shape index (κ1) is 14.8. The van der Waals surface area contributed by atoms with E-state index in [-0.39, 0.29) is 5.91 Å². The van der Waals surface area contributed by atoms with Gasteiger partial charge in [-0.15, -0.1) is 0 Å². The van der Waals surface area contributed by atoms with E-state index in [4.69, 9.17) is 0 Å². The lowest BCUT2D eigenvalue weighted by Crippen LogP contribution is -2.23. The van der Waals surface area contributed by atoms with Crippen LogP contribution in [-0.4, -0.2) is 5.91 Å². The van der Waals surface area contributed by atoms with Gasteiger partial charge in [-0.3, -0.25) is 4.79 Å². The summed E-state index contributed by atoms with van der Waals surface area (Å²) in [6.07, 6.45) is 2.90. The van der Waals surface area contributed by atoms with E-state index in [2.05, 4.69) is 5.32 Å². The lowest BCUT2D eigenvalue weighted by atomic mass is 10.0. The molecule has 0 saturated heterocycles. The van der Waals surface area contributed by atoms with Gasteiger partial charge in [0.2, 0.25) is 0 Å². The van der Waals surface area contributed by atoms with Gasteiger partial charge < -0.3 is 10.5 Å². The van der Waals surface area contributed by atoms with Crippen molar-refractivity contribution in [1.29, 1.82) is 0 Å². The van der Waals surface area contributed by atoms with Crippen LogP contribution >= 0.6 is 0 Å². The Balaban J connectivity index is 1.76. The minimum absolute atomic E-state index is 0.146. The summed E-state index contributed by atoms with van der Waals surface area (Å²) in [6, 6.07) is 18.5. The summed E-state index contributed by atoms with van der Waals surface area (Å²) in [7, 11) is 0. The van der Waals surface area contributed by atoms with Crippen LogP contribution in [0.15, 0.2) is 73.1 Å². The summed E-state index contributed by atoms with van der Waals surface area (Å²) in [6.45, 7) is 1.98. The SMILES string of the molecule is Cc1cccc(NC(=O)c2ccc(-c3cc[n+]([O-])cc3)cc2)c1. The van der Waals surface area contributed by atoms with Crippen molar-refractivity contribution in [2.75, 3.05) is 5.32 Å². The fraction of sp³-hybridized carbons (Fsp3) is 0.0526. The van der Waals surface area contributed by atoms with Crippen molar-refractivity contribution in [3.63, 3.8) is 0 Å². The van der Waals surface area contributed by atoms with Crippen molar-refractivity contribution in [2.24, 2.45) is 0 Å². The van der Waals surface area contributed by atoms with Gasteiger partial charge in [-0.2, -0.15) is 4.73 Å². The molecular formula is C19H16N2O2. The molecule has 1 N–H and O–H groups in total. The molecule has 0 atom stereocenters. The van der Waals surface area contributed by atoms with Crippen LogP contribution in [0, 0.1) is 12.1 Å².